The van der Waals surface area contributed by atoms with Crippen molar-refractivity contribution in [2.75, 3.05) is 0 Å². The van der Waals surface area contributed by atoms with Crippen LogP contribution in [-0.2, 0) is 6.54 Å². The van der Waals surface area contributed by atoms with Crippen LogP contribution in [0.2, 0.25) is 5.02 Å². The van der Waals surface area contributed by atoms with Crippen LogP contribution < -0.4 is 0 Å². The first kappa shape index (κ1) is 16.2. The molecule has 0 radical (unpaired) electrons. The van der Waals surface area contributed by atoms with E-state index in [1.54, 1.807) is 40.1 Å². The Kier molecular flexibility index (Phi) is 3.81. The minimum Gasteiger partial charge on any atom is -0.300 e. The molecular formula is C20H13ClN4OS. The van der Waals surface area contributed by atoms with Crippen LogP contribution in [-0.4, -0.2) is 24.9 Å². The molecule has 0 aliphatic rings. The van der Waals surface area contributed by atoms with Crippen LogP contribution >= 0.6 is 22.9 Å². The average Bonchev–Trinajstić information content (AvgIpc) is 3.40. The number of carbonyl (C=O) groups is 1. The second kappa shape index (κ2) is 6.33. The number of imidazole rings is 1. The molecule has 0 bridgehead atoms. The molecule has 132 valence electrons. The van der Waals surface area contributed by atoms with E-state index in [0.29, 0.717) is 22.2 Å². The lowest BCUT2D eigenvalue weighted by molar-refractivity contribution is 0.0974. The number of thiophene rings is 1. The van der Waals surface area contributed by atoms with E-state index in [1.165, 1.54) is 0 Å². The number of rotatable bonds is 4. The Hall–Kier alpha value is -2.96. The molecular weight excluding hydrogens is 380 g/mol. The minimum atomic E-state index is -0.00408. The first-order valence-electron chi connectivity index (χ1n) is 8.37. The number of nitrogens with zero attached hydrogens (tertiary/aromatic N) is 4. The van der Waals surface area contributed by atoms with E-state index < -0.39 is 0 Å². The number of fused-ring (bicyclic) bond motifs is 3. The Morgan fingerprint density at radius 1 is 1.00 bits per heavy atom. The summed E-state index contributed by atoms with van der Waals surface area (Å²) in [5.41, 5.74) is 2.47. The Balaban J connectivity index is 1.65. The summed E-state index contributed by atoms with van der Waals surface area (Å²) in [6.07, 6.45) is 0. The quantitative estimate of drug-likeness (QED) is 0.407. The fourth-order valence-corrected chi connectivity index (χ4v) is 3.93. The molecule has 0 amide bonds. The highest BCUT2D eigenvalue weighted by Crippen LogP contribution is 2.26. The maximum atomic E-state index is 12.8. The van der Waals surface area contributed by atoms with Crippen molar-refractivity contribution in [2.24, 2.45) is 0 Å². The summed E-state index contributed by atoms with van der Waals surface area (Å²) in [6.45, 7) is 0.182. The van der Waals surface area contributed by atoms with Gasteiger partial charge in [-0.15, -0.1) is 16.4 Å². The van der Waals surface area contributed by atoms with Gasteiger partial charge in [-0.05, 0) is 47.8 Å². The summed E-state index contributed by atoms with van der Waals surface area (Å²) in [7, 11) is 0. The molecule has 0 saturated heterocycles. The third-order valence-corrected chi connectivity index (χ3v) is 5.56. The molecule has 0 atom stereocenters. The van der Waals surface area contributed by atoms with Crippen LogP contribution in [0.15, 0.2) is 66.0 Å². The molecule has 3 aromatic heterocycles. The van der Waals surface area contributed by atoms with E-state index in [2.05, 4.69) is 5.10 Å². The first-order valence-corrected chi connectivity index (χ1v) is 9.63. The molecule has 27 heavy (non-hydrogen) atoms. The van der Waals surface area contributed by atoms with E-state index in [-0.39, 0.29) is 12.3 Å². The Morgan fingerprint density at radius 2 is 1.78 bits per heavy atom. The summed E-state index contributed by atoms with van der Waals surface area (Å²) in [6, 6.07) is 18.8. The third kappa shape index (κ3) is 2.74. The van der Waals surface area contributed by atoms with Crippen LogP contribution in [0.5, 0.6) is 0 Å². The van der Waals surface area contributed by atoms with E-state index >= 15 is 0 Å². The lowest BCUT2D eigenvalue weighted by atomic mass is 10.1. The Bertz CT molecular complexity index is 1270. The van der Waals surface area contributed by atoms with Gasteiger partial charge >= 0.3 is 0 Å². The van der Waals surface area contributed by atoms with Crippen molar-refractivity contribution in [2.45, 2.75) is 6.54 Å². The van der Waals surface area contributed by atoms with Crippen LogP contribution in [0.1, 0.15) is 10.4 Å². The number of ketones is 1. The highest BCUT2D eigenvalue weighted by atomic mass is 35.5. The van der Waals surface area contributed by atoms with E-state index in [1.807, 2.05) is 46.3 Å². The third-order valence-electron chi connectivity index (χ3n) is 4.44. The zero-order valence-corrected chi connectivity index (χ0v) is 15.6. The summed E-state index contributed by atoms with van der Waals surface area (Å²) >= 11 is 7.52. The van der Waals surface area contributed by atoms with Crippen molar-refractivity contribution in [3.63, 3.8) is 0 Å². The van der Waals surface area contributed by atoms with Crippen LogP contribution in [0.3, 0.4) is 0 Å². The number of halogens is 1. The number of carbonyl (C=O) groups excluding carboxylic acids is 1. The smallest absolute Gasteiger partial charge is 0.234 e. The maximum Gasteiger partial charge on any atom is 0.234 e. The van der Waals surface area contributed by atoms with Gasteiger partial charge in [0.2, 0.25) is 5.78 Å². The van der Waals surface area contributed by atoms with E-state index in [9.17, 15) is 4.79 Å². The number of benzene rings is 2. The van der Waals surface area contributed by atoms with Gasteiger partial charge in [0.05, 0.1) is 22.5 Å². The SMILES string of the molecule is O=C(Cn1c2ccccc2n2nc(-c3cccs3)nc12)c1ccc(Cl)cc1. The van der Waals surface area contributed by atoms with Gasteiger partial charge in [-0.1, -0.05) is 29.8 Å². The molecule has 0 N–H and O–H groups in total. The van der Waals surface area contributed by atoms with Gasteiger partial charge in [0, 0.05) is 10.6 Å². The van der Waals surface area contributed by atoms with Crippen molar-refractivity contribution in [3.8, 4) is 10.7 Å². The van der Waals surface area contributed by atoms with Crippen molar-refractivity contribution >= 4 is 45.5 Å². The van der Waals surface area contributed by atoms with E-state index in [0.717, 1.165) is 15.9 Å². The summed E-state index contributed by atoms with van der Waals surface area (Å²) in [4.78, 5) is 18.5. The minimum absolute atomic E-state index is 0.00408. The second-order valence-corrected chi connectivity index (χ2v) is 7.51. The fraction of sp³-hybridized carbons (Fsp3) is 0.0500. The van der Waals surface area contributed by atoms with Crippen molar-refractivity contribution in [1.82, 2.24) is 19.2 Å². The molecule has 5 nitrogen and oxygen atoms in total. The van der Waals surface area contributed by atoms with Crippen molar-refractivity contribution in [1.29, 1.82) is 0 Å². The standard InChI is InChI=1S/C20H13ClN4OS/c21-14-9-7-13(8-10-14)17(26)12-24-15-4-1-2-5-16(15)25-20(24)22-19(23-25)18-6-3-11-27-18/h1-11H,12H2. The predicted octanol–water partition coefficient (Wildman–Crippen LogP) is 4.95. The van der Waals surface area contributed by atoms with Crippen molar-refractivity contribution in [3.05, 3.63) is 76.6 Å². The first-order chi connectivity index (χ1) is 13.2. The molecule has 5 aromatic rings. The summed E-state index contributed by atoms with van der Waals surface area (Å²) in [5, 5.41) is 7.27. The van der Waals surface area contributed by atoms with Crippen molar-refractivity contribution < 1.29 is 4.79 Å². The molecule has 0 spiro atoms. The van der Waals surface area contributed by atoms with Crippen LogP contribution in [0.4, 0.5) is 0 Å². The second-order valence-electron chi connectivity index (χ2n) is 6.13. The summed E-state index contributed by atoms with van der Waals surface area (Å²) in [5.74, 6) is 1.32. The number of hydrogen-bond acceptors (Lipinski definition) is 4. The average molecular weight is 393 g/mol. The molecule has 0 aliphatic heterocycles. The highest BCUT2D eigenvalue weighted by Gasteiger charge is 2.18. The van der Waals surface area contributed by atoms with Gasteiger partial charge in [-0.25, -0.2) is 0 Å². The number of para-hydroxylation sites is 2. The molecule has 2 aromatic carbocycles. The predicted molar refractivity (Wildman–Crippen MR) is 108 cm³/mol. The van der Waals surface area contributed by atoms with Gasteiger partial charge in [0.25, 0.3) is 0 Å². The van der Waals surface area contributed by atoms with E-state index in [4.69, 9.17) is 16.6 Å². The van der Waals surface area contributed by atoms with Gasteiger partial charge in [0.1, 0.15) is 0 Å². The molecule has 5 rings (SSSR count). The number of hydrogen-bond donors (Lipinski definition) is 0. The lowest BCUT2D eigenvalue weighted by Crippen LogP contribution is -2.10. The maximum absolute atomic E-state index is 12.8. The zero-order chi connectivity index (χ0) is 18.4. The number of Topliss-reactive ketones (excluding diaryl/α,β-unsaturated/α-hetero) is 1. The Morgan fingerprint density at radius 3 is 2.52 bits per heavy atom. The van der Waals surface area contributed by atoms with Gasteiger partial charge in [0.15, 0.2) is 11.6 Å². The van der Waals surface area contributed by atoms with Gasteiger partial charge < -0.3 is 4.57 Å². The largest absolute Gasteiger partial charge is 0.300 e. The molecule has 7 heteroatoms. The van der Waals surface area contributed by atoms with Gasteiger partial charge in [-0.3, -0.25) is 4.79 Å². The monoisotopic (exact) mass is 392 g/mol. The molecule has 0 unspecified atom stereocenters. The Labute approximate surface area is 163 Å². The fourth-order valence-electron chi connectivity index (χ4n) is 3.16. The van der Waals surface area contributed by atoms with Crippen LogP contribution in [0, 0.1) is 0 Å². The van der Waals surface area contributed by atoms with Crippen LogP contribution in [0.25, 0.3) is 27.5 Å². The molecule has 0 fully saturated rings. The lowest BCUT2D eigenvalue weighted by Gasteiger charge is -2.05. The molecule has 3 heterocycles. The normalized spacial score (nSPS) is 11.4. The van der Waals surface area contributed by atoms with Gasteiger partial charge in [-0.2, -0.15) is 9.50 Å². The zero-order valence-electron chi connectivity index (χ0n) is 14.0. The molecule has 0 saturated carbocycles. The summed E-state index contributed by atoms with van der Waals surface area (Å²) < 4.78 is 3.72. The molecule has 0 aliphatic carbocycles. The number of aromatic nitrogens is 4. The highest BCUT2D eigenvalue weighted by molar-refractivity contribution is 7.13. The topological polar surface area (TPSA) is 52.2 Å².